The van der Waals surface area contributed by atoms with E-state index in [2.05, 4.69) is 31.2 Å². The van der Waals surface area contributed by atoms with E-state index in [-0.39, 0.29) is 12.3 Å². The summed E-state index contributed by atoms with van der Waals surface area (Å²) in [6.45, 7) is 1.93. The highest BCUT2D eigenvalue weighted by molar-refractivity contribution is 9.10. The van der Waals surface area contributed by atoms with Gasteiger partial charge in [-0.25, -0.2) is 9.97 Å². The van der Waals surface area contributed by atoms with E-state index in [0.29, 0.717) is 5.13 Å². The summed E-state index contributed by atoms with van der Waals surface area (Å²) < 4.78 is 1.00. The van der Waals surface area contributed by atoms with Crippen LogP contribution in [0.15, 0.2) is 39.5 Å². The number of aryl methyl sites for hydroxylation is 1. The van der Waals surface area contributed by atoms with Gasteiger partial charge in [0.2, 0.25) is 5.91 Å². The molecule has 0 saturated heterocycles. The lowest BCUT2D eigenvalue weighted by Crippen LogP contribution is -2.14. The molecule has 1 amide bonds. The van der Waals surface area contributed by atoms with E-state index in [0.717, 1.165) is 26.4 Å². The van der Waals surface area contributed by atoms with Gasteiger partial charge in [0.05, 0.1) is 22.8 Å². The molecule has 3 rings (SSSR count). The zero-order valence-electron chi connectivity index (χ0n) is 11.7. The van der Waals surface area contributed by atoms with Crippen molar-refractivity contribution in [2.24, 2.45) is 0 Å². The smallest absolute Gasteiger partial charge is 0.232 e. The summed E-state index contributed by atoms with van der Waals surface area (Å²) in [4.78, 5) is 20.8. The molecular weight excluding hydrogens is 382 g/mol. The molecular formula is C15H12BrN3OS2. The molecule has 1 aromatic carbocycles. The minimum atomic E-state index is -0.0968. The van der Waals surface area contributed by atoms with Crippen LogP contribution >= 0.6 is 38.6 Å². The van der Waals surface area contributed by atoms with Gasteiger partial charge in [0.15, 0.2) is 5.13 Å². The first kappa shape index (κ1) is 15.3. The first-order valence-corrected chi connectivity index (χ1v) is 9.08. The van der Waals surface area contributed by atoms with Gasteiger partial charge in [0, 0.05) is 20.8 Å². The van der Waals surface area contributed by atoms with E-state index in [1.165, 1.54) is 11.3 Å². The quantitative estimate of drug-likeness (QED) is 0.708. The minimum Gasteiger partial charge on any atom is -0.302 e. The predicted octanol–water partition coefficient (Wildman–Crippen LogP) is 4.52. The SMILES string of the molecule is Cc1nc(CC(=O)Nc2nc(-c3cccc(Br)c3)cs2)cs1. The van der Waals surface area contributed by atoms with Crippen LogP contribution in [0, 0.1) is 6.92 Å². The van der Waals surface area contributed by atoms with Gasteiger partial charge >= 0.3 is 0 Å². The first-order valence-electron chi connectivity index (χ1n) is 6.52. The van der Waals surface area contributed by atoms with Crippen molar-refractivity contribution in [3.8, 4) is 11.3 Å². The number of nitrogens with zero attached hydrogens (tertiary/aromatic N) is 2. The third-order valence-electron chi connectivity index (χ3n) is 2.88. The summed E-state index contributed by atoms with van der Waals surface area (Å²) >= 11 is 6.41. The first-order chi connectivity index (χ1) is 10.6. The van der Waals surface area contributed by atoms with Gasteiger partial charge in [-0.1, -0.05) is 28.1 Å². The van der Waals surface area contributed by atoms with Gasteiger partial charge in [-0.3, -0.25) is 4.79 Å². The average Bonchev–Trinajstić information content (AvgIpc) is 3.08. The van der Waals surface area contributed by atoms with Crippen LogP contribution in [-0.4, -0.2) is 15.9 Å². The van der Waals surface area contributed by atoms with Gasteiger partial charge < -0.3 is 5.32 Å². The Kier molecular flexibility index (Phi) is 4.66. The summed E-state index contributed by atoms with van der Waals surface area (Å²) in [6.07, 6.45) is 0.274. The van der Waals surface area contributed by atoms with Crippen molar-refractivity contribution in [2.45, 2.75) is 13.3 Å². The summed E-state index contributed by atoms with van der Waals surface area (Å²) in [5.41, 5.74) is 2.66. The second-order valence-electron chi connectivity index (χ2n) is 4.63. The van der Waals surface area contributed by atoms with E-state index in [1.54, 1.807) is 11.3 Å². The number of thiazole rings is 2. The van der Waals surface area contributed by atoms with Crippen LogP contribution in [0.4, 0.5) is 5.13 Å². The molecule has 112 valence electrons. The van der Waals surface area contributed by atoms with Crippen molar-refractivity contribution in [1.82, 2.24) is 9.97 Å². The molecule has 3 aromatic rings. The molecule has 0 aliphatic rings. The van der Waals surface area contributed by atoms with Crippen molar-refractivity contribution < 1.29 is 4.79 Å². The number of nitrogens with one attached hydrogen (secondary N) is 1. The van der Waals surface area contributed by atoms with Crippen molar-refractivity contribution in [3.63, 3.8) is 0 Å². The Morgan fingerprint density at radius 1 is 1.27 bits per heavy atom. The molecule has 0 radical (unpaired) electrons. The molecule has 0 spiro atoms. The average molecular weight is 394 g/mol. The van der Waals surface area contributed by atoms with Crippen LogP contribution in [0.5, 0.6) is 0 Å². The van der Waals surface area contributed by atoms with Crippen molar-refractivity contribution in [2.75, 3.05) is 5.32 Å². The van der Waals surface area contributed by atoms with Crippen molar-refractivity contribution in [1.29, 1.82) is 0 Å². The zero-order valence-corrected chi connectivity index (χ0v) is 14.9. The lowest BCUT2D eigenvalue weighted by molar-refractivity contribution is -0.115. The maximum atomic E-state index is 12.0. The second-order valence-corrected chi connectivity index (χ2v) is 7.47. The van der Waals surface area contributed by atoms with Gasteiger partial charge in [-0.15, -0.1) is 22.7 Å². The Bertz CT molecular complexity index is 812. The molecule has 7 heteroatoms. The summed E-state index contributed by atoms with van der Waals surface area (Å²) in [7, 11) is 0. The number of carbonyl (C=O) groups is 1. The fourth-order valence-electron chi connectivity index (χ4n) is 1.93. The predicted molar refractivity (Wildman–Crippen MR) is 94.4 cm³/mol. The summed E-state index contributed by atoms with van der Waals surface area (Å²) in [5.74, 6) is -0.0968. The molecule has 0 bridgehead atoms. The number of hydrogen-bond acceptors (Lipinski definition) is 5. The number of hydrogen-bond donors (Lipinski definition) is 1. The van der Waals surface area contributed by atoms with Gasteiger partial charge in [-0.05, 0) is 19.1 Å². The topological polar surface area (TPSA) is 54.9 Å². The maximum absolute atomic E-state index is 12.0. The van der Waals surface area contributed by atoms with Crippen LogP contribution in [0.2, 0.25) is 0 Å². The van der Waals surface area contributed by atoms with E-state index < -0.39 is 0 Å². The van der Waals surface area contributed by atoms with E-state index >= 15 is 0 Å². The van der Waals surface area contributed by atoms with Crippen LogP contribution in [0.1, 0.15) is 10.7 Å². The Balaban J connectivity index is 1.67. The van der Waals surface area contributed by atoms with Gasteiger partial charge in [0.1, 0.15) is 0 Å². The van der Waals surface area contributed by atoms with Crippen LogP contribution in [0.3, 0.4) is 0 Å². The maximum Gasteiger partial charge on any atom is 0.232 e. The number of carbonyl (C=O) groups excluding carboxylic acids is 1. The summed E-state index contributed by atoms with van der Waals surface area (Å²) in [5, 5.41) is 8.24. The molecule has 0 aliphatic carbocycles. The van der Waals surface area contributed by atoms with Crippen LogP contribution < -0.4 is 5.32 Å². The largest absolute Gasteiger partial charge is 0.302 e. The molecule has 4 nitrogen and oxygen atoms in total. The van der Waals surface area contributed by atoms with E-state index in [9.17, 15) is 4.79 Å². The zero-order chi connectivity index (χ0) is 15.5. The van der Waals surface area contributed by atoms with Crippen LogP contribution in [-0.2, 0) is 11.2 Å². The third-order valence-corrected chi connectivity index (χ3v) is 4.95. The fourth-order valence-corrected chi connectivity index (χ4v) is 3.68. The fraction of sp³-hybridized carbons (Fsp3) is 0.133. The Morgan fingerprint density at radius 2 is 2.14 bits per heavy atom. The Morgan fingerprint density at radius 3 is 2.86 bits per heavy atom. The van der Waals surface area contributed by atoms with Gasteiger partial charge in [-0.2, -0.15) is 0 Å². The number of benzene rings is 1. The van der Waals surface area contributed by atoms with E-state index in [1.807, 2.05) is 41.9 Å². The highest BCUT2D eigenvalue weighted by Gasteiger charge is 2.10. The van der Waals surface area contributed by atoms with Crippen molar-refractivity contribution >= 4 is 49.6 Å². The normalized spacial score (nSPS) is 10.6. The highest BCUT2D eigenvalue weighted by atomic mass is 79.9. The standard InChI is InChI=1S/C15H12BrN3OS2/c1-9-17-12(7-21-9)6-14(20)19-15-18-13(8-22-15)10-3-2-4-11(16)5-10/h2-5,7-8H,6H2,1H3,(H,18,19,20). The molecule has 2 aromatic heterocycles. The lowest BCUT2D eigenvalue weighted by Gasteiger charge is -2.00. The van der Waals surface area contributed by atoms with Crippen molar-refractivity contribution in [3.05, 3.63) is 50.2 Å². The molecule has 0 atom stereocenters. The summed E-state index contributed by atoms with van der Waals surface area (Å²) in [6, 6.07) is 7.91. The third kappa shape index (κ3) is 3.79. The number of aromatic nitrogens is 2. The highest BCUT2D eigenvalue weighted by Crippen LogP contribution is 2.26. The molecule has 0 saturated carbocycles. The number of amides is 1. The molecule has 22 heavy (non-hydrogen) atoms. The number of halogens is 1. The number of anilines is 1. The minimum absolute atomic E-state index is 0.0968. The lowest BCUT2D eigenvalue weighted by atomic mass is 10.2. The molecule has 1 N–H and O–H groups in total. The molecule has 0 fully saturated rings. The van der Waals surface area contributed by atoms with E-state index in [4.69, 9.17) is 0 Å². The molecule has 0 unspecified atom stereocenters. The Labute approximate surface area is 144 Å². The second kappa shape index (κ2) is 6.68. The van der Waals surface area contributed by atoms with Crippen LogP contribution in [0.25, 0.3) is 11.3 Å². The number of rotatable bonds is 4. The molecule has 2 heterocycles. The van der Waals surface area contributed by atoms with Gasteiger partial charge in [0.25, 0.3) is 0 Å². The molecule has 0 aliphatic heterocycles. The monoisotopic (exact) mass is 393 g/mol. The Hall–Kier alpha value is -1.57.